The lowest BCUT2D eigenvalue weighted by Gasteiger charge is -2.04. The molecule has 0 aliphatic heterocycles. The summed E-state index contributed by atoms with van der Waals surface area (Å²) in [6, 6.07) is 7.26. The first-order chi connectivity index (χ1) is 8.47. The first-order valence-electron chi connectivity index (χ1n) is 4.83. The molecule has 0 atom stereocenters. The lowest BCUT2D eigenvalue weighted by molar-refractivity contribution is -0.134. The highest BCUT2D eigenvalue weighted by Crippen LogP contribution is 2.06. The van der Waals surface area contributed by atoms with Crippen LogP contribution in [0.15, 0.2) is 47.6 Å². The minimum atomic E-state index is -4.02. The molecule has 0 bridgehead atoms. The van der Waals surface area contributed by atoms with E-state index in [0.29, 0.717) is 0 Å². The third kappa shape index (κ3) is 3.70. The fourth-order valence-electron chi connectivity index (χ4n) is 1.04. The van der Waals surface area contributed by atoms with E-state index in [0.717, 1.165) is 12.3 Å². The number of rotatable bonds is 5. The van der Waals surface area contributed by atoms with Crippen LogP contribution in [0.5, 0.6) is 0 Å². The highest BCUT2D eigenvalue weighted by molar-refractivity contribution is 7.90. The van der Waals surface area contributed by atoms with Crippen LogP contribution >= 0.6 is 0 Å². The molecule has 0 radical (unpaired) electrons. The van der Waals surface area contributed by atoms with Crippen molar-refractivity contribution in [2.24, 2.45) is 0 Å². The van der Waals surface area contributed by atoms with Gasteiger partial charge in [0.25, 0.3) is 10.0 Å². The predicted molar refractivity (Wildman–Crippen MR) is 62.9 cm³/mol. The lowest BCUT2D eigenvalue weighted by Crippen LogP contribution is -2.35. The van der Waals surface area contributed by atoms with E-state index in [4.69, 9.17) is 0 Å². The largest absolute Gasteiger partial charge is 0.504 e. The van der Waals surface area contributed by atoms with E-state index < -0.39 is 21.7 Å². The van der Waals surface area contributed by atoms with Gasteiger partial charge in [0, 0.05) is 6.08 Å². The number of methoxy groups -OCH3 is 1. The van der Waals surface area contributed by atoms with Crippen molar-refractivity contribution in [3.05, 3.63) is 42.7 Å². The molecule has 0 aromatic heterocycles. The number of amides is 1. The van der Waals surface area contributed by atoms with E-state index in [1.165, 1.54) is 31.4 Å². The normalized spacial score (nSPS) is 11.2. The molecule has 0 aliphatic rings. The van der Waals surface area contributed by atoms with E-state index in [2.05, 4.69) is 4.74 Å². The maximum Gasteiger partial charge on any atom is 0.305 e. The quantitative estimate of drug-likeness (QED) is 0.469. The monoisotopic (exact) mass is 269 g/mol. The van der Waals surface area contributed by atoms with Gasteiger partial charge in [0.1, 0.15) is 0 Å². The van der Waals surface area contributed by atoms with Crippen molar-refractivity contribution in [1.29, 1.82) is 0 Å². The molecule has 1 N–H and O–H groups in total. The zero-order valence-corrected chi connectivity index (χ0v) is 10.3. The molecule has 1 rings (SSSR count). The van der Waals surface area contributed by atoms with Crippen LogP contribution in [0.2, 0.25) is 0 Å². The molecular weight excluding hydrogens is 258 g/mol. The van der Waals surface area contributed by atoms with Gasteiger partial charge in [0.05, 0.1) is 18.3 Å². The van der Waals surface area contributed by atoms with Crippen molar-refractivity contribution in [3.63, 3.8) is 0 Å². The second-order valence-electron chi connectivity index (χ2n) is 3.15. The summed E-state index contributed by atoms with van der Waals surface area (Å²) in [5, 5.41) is 0. The molecule has 0 saturated carbocycles. The zero-order valence-electron chi connectivity index (χ0n) is 9.49. The van der Waals surface area contributed by atoms with Gasteiger partial charge in [-0.1, -0.05) is 18.2 Å². The molecule has 0 heterocycles. The van der Waals surface area contributed by atoms with Gasteiger partial charge in [-0.25, -0.2) is 13.1 Å². The third-order valence-electron chi connectivity index (χ3n) is 1.86. The van der Waals surface area contributed by atoms with Crippen LogP contribution in [-0.2, 0) is 24.3 Å². The van der Waals surface area contributed by atoms with Crippen molar-refractivity contribution in [1.82, 2.24) is 4.72 Å². The van der Waals surface area contributed by atoms with Crippen molar-refractivity contribution >= 4 is 21.7 Å². The van der Waals surface area contributed by atoms with E-state index in [9.17, 15) is 18.0 Å². The smallest absolute Gasteiger partial charge is 0.305 e. The van der Waals surface area contributed by atoms with Gasteiger partial charge in [0.15, 0.2) is 0 Å². The van der Waals surface area contributed by atoms with Crippen molar-refractivity contribution in [2.75, 3.05) is 7.11 Å². The number of hydrogen-bond acceptors (Lipinski definition) is 5. The summed E-state index contributed by atoms with van der Waals surface area (Å²) in [6.07, 6.45) is 1.81. The predicted octanol–water partition coefficient (Wildman–Crippen LogP) is 0.221. The highest BCUT2D eigenvalue weighted by atomic mass is 32.2. The zero-order chi connectivity index (χ0) is 13.6. The van der Waals surface area contributed by atoms with E-state index in [-0.39, 0.29) is 4.90 Å². The lowest BCUT2D eigenvalue weighted by atomic mass is 10.4. The minimum Gasteiger partial charge on any atom is -0.504 e. The molecule has 1 aromatic rings. The number of nitrogens with one attached hydrogen (secondary N) is 1. The maximum atomic E-state index is 11.7. The average molecular weight is 269 g/mol. The second-order valence-corrected chi connectivity index (χ2v) is 4.83. The first-order valence-corrected chi connectivity index (χ1v) is 6.31. The Morgan fingerprint density at radius 2 is 1.83 bits per heavy atom. The summed E-state index contributed by atoms with van der Waals surface area (Å²) in [4.78, 5) is 22.4. The number of sulfonamides is 1. The van der Waals surface area contributed by atoms with Crippen LogP contribution in [0.4, 0.5) is 0 Å². The van der Waals surface area contributed by atoms with Crippen molar-refractivity contribution < 1.29 is 22.7 Å². The van der Waals surface area contributed by atoms with Gasteiger partial charge in [0.2, 0.25) is 5.78 Å². The summed E-state index contributed by atoms with van der Waals surface area (Å²) in [5.41, 5.74) is 0. The summed E-state index contributed by atoms with van der Waals surface area (Å²) in [7, 11) is -2.73. The number of benzene rings is 1. The second kappa shape index (κ2) is 5.97. The van der Waals surface area contributed by atoms with Crippen LogP contribution in [-0.4, -0.2) is 27.2 Å². The molecule has 1 amide bonds. The Morgan fingerprint density at radius 3 is 2.39 bits per heavy atom. The van der Waals surface area contributed by atoms with Crippen molar-refractivity contribution in [2.45, 2.75) is 4.90 Å². The highest BCUT2D eigenvalue weighted by Gasteiger charge is 2.20. The molecule has 0 fully saturated rings. The summed E-state index contributed by atoms with van der Waals surface area (Å²) >= 11 is 0. The number of ketones is 1. The third-order valence-corrected chi connectivity index (χ3v) is 3.21. The Labute approximate surface area is 104 Å². The van der Waals surface area contributed by atoms with Gasteiger partial charge in [-0.15, -0.1) is 0 Å². The van der Waals surface area contributed by atoms with E-state index in [1.807, 2.05) is 0 Å². The average Bonchev–Trinajstić information content (AvgIpc) is 2.36. The fourth-order valence-corrected chi connectivity index (χ4v) is 2.01. The van der Waals surface area contributed by atoms with Gasteiger partial charge in [-0.3, -0.25) is 9.59 Å². The standard InChI is InChI=1S/C11H11NO5S/c1-17-8-7-10(13)11(14)12-18(15,16)9-5-3-2-4-6-9/h2-8H,1H3,(H,12,14). The van der Waals surface area contributed by atoms with Crippen molar-refractivity contribution in [3.8, 4) is 0 Å². The van der Waals surface area contributed by atoms with E-state index >= 15 is 0 Å². The molecule has 6 nitrogen and oxygen atoms in total. The Bertz CT molecular complexity index is 562. The Balaban J connectivity index is 2.82. The van der Waals surface area contributed by atoms with Gasteiger partial charge in [-0.2, -0.15) is 0 Å². The van der Waals surface area contributed by atoms with Crippen LogP contribution in [0.1, 0.15) is 0 Å². The number of carbonyl (C=O) groups is 2. The summed E-state index contributed by atoms with van der Waals surface area (Å²) in [6.45, 7) is 0. The van der Waals surface area contributed by atoms with Gasteiger partial charge >= 0.3 is 5.91 Å². The molecule has 0 spiro atoms. The fraction of sp³-hybridized carbons (Fsp3) is 0.0909. The molecule has 0 unspecified atom stereocenters. The first kappa shape index (κ1) is 13.9. The molecule has 18 heavy (non-hydrogen) atoms. The van der Waals surface area contributed by atoms with Crippen LogP contribution in [0.25, 0.3) is 0 Å². The summed E-state index contributed by atoms with van der Waals surface area (Å²) < 4.78 is 29.5. The molecular formula is C11H11NO5S. The Hall–Kier alpha value is -2.15. The number of hydrogen-bond donors (Lipinski definition) is 1. The topological polar surface area (TPSA) is 89.5 Å². The number of ether oxygens (including phenoxy) is 1. The molecule has 1 aromatic carbocycles. The van der Waals surface area contributed by atoms with Gasteiger partial charge in [-0.05, 0) is 12.1 Å². The SMILES string of the molecule is COC=CC(=O)C(=O)NS(=O)(=O)c1ccccc1. The molecule has 0 aliphatic carbocycles. The van der Waals surface area contributed by atoms with Gasteiger partial charge < -0.3 is 4.74 Å². The maximum absolute atomic E-state index is 11.7. The summed E-state index contributed by atoms with van der Waals surface area (Å²) in [5.74, 6) is -2.26. The van der Waals surface area contributed by atoms with E-state index in [1.54, 1.807) is 10.8 Å². The minimum absolute atomic E-state index is 0.0955. The number of carbonyl (C=O) groups excluding carboxylic acids is 2. The Kier molecular flexibility index (Phi) is 4.61. The van der Waals surface area contributed by atoms with Crippen LogP contribution < -0.4 is 4.72 Å². The Morgan fingerprint density at radius 1 is 1.22 bits per heavy atom. The molecule has 96 valence electrons. The van der Waals surface area contributed by atoms with Crippen LogP contribution in [0, 0.1) is 0 Å². The molecule has 7 heteroatoms. The van der Waals surface area contributed by atoms with Crippen LogP contribution in [0.3, 0.4) is 0 Å². The molecule has 0 saturated heterocycles.